The topological polar surface area (TPSA) is 70.6 Å². The maximum absolute atomic E-state index is 12.4. The minimum absolute atomic E-state index is 0.0667. The predicted molar refractivity (Wildman–Crippen MR) is 75.0 cm³/mol. The quantitative estimate of drug-likeness (QED) is 0.607. The molecule has 0 aromatic rings. The second-order valence-electron chi connectivity index (χ2n) is 5.88. The molecule has 1 fully saturated rings. The first-order chi connectivity index (χ1) is 8.96. The summed E-state index contributed by atoms with van der Waals surface area (Å²) in [5.74, 6) is 0.0667. The van der Waals surface area contributed by atoms with Crippen LogP contribution in [0.5, 0.6) is 0 Å². The zero-order valence-corrected chi connectivity index (χ0v) is 12.4. The van der Waals surface area contributed by atoms with Gasteiger partial charge in [0.2, 0.25) is 5.91 Å². The highest BCUT2D eigenvalue weighted by atomic mass is 16.5. The van der Waals surface area contributed by atoms with Crippen LogP contribution in [0.15, 0.2) is 0 Å². The van der Waals surface area contributed by atoms with Gasteiger partial charge in [-0.05, 0) is 26.3 Å². The number of hydrogen-bond acceptors (Lipinski definition) is 4. The van der Waals surface area contributed by atoms with Gasteiger partial charge in [-0.2, -0.15) is 0 Å². The molecular weight excluding hydrogens is 244 g/mol. The van der Waals surface area contributed by atoms with Gasteiger partial charge in [-0.15, -0.1) is 0 Å². The van der Waals surface area contributed by atoms with E-state index in [4.69, 9.17) is 4.74 Å². The van der Waals surface area contributed by atoms with Crippen LogP contribution < -0.4 is 10.6 Å². The van der Waals surface area contributed by atoms with E-state index in [-0.39, 0.29) is 17.9 Å². The maximum atomic E-state index is 12.4. The Morgan fingerprint density at radius 3 is 2.84 bits per heavy atom. The molecule has 0 spiro atoms. The average molecular weight is 272 g/mol. The van der Waals surface area contributed by atoms with Gasteiger partial charge in [0.15, 0.2) is 0 Å². The van der Waals surface area contributed by atoms with Crippen LogP contribution in [0.4, 0.5) is 0 Å². The molecule has 5 nitrogen and oxygen atoms in total. The third-order valence-corrected chi connectivity index (χ3v) is 3.93. The molecule has 0 radical (unpaired) electrons. The third kappa shape index (κ3) is 4.75. The van der Waals surface area contributed by atoms with Crippen LogP contribution in [0.2, 0.25) is 0 Å². The number of methoxy groups -OCH3 is 1. The summed E-state index contributed by atoms with van der Waals surface area (Å²) in [4.78, 5) is 12.4. The van der Waals surface area contributed by atoms with Crippen LogP contribution >= 0.6 is 0 Å². The van der Waals surface area contributed by atoms with Crippen molar-refractivity contribution < 1.29 is 14.6 Å². The molecule has 5 heteroatoms. The van der Waals surface area contributed by atoms with Crippen molar-refractivity contribution in [1.29, 1.82) is 0 Å². The van der Waals surface area contributed by atoms with Gasteiger partial charge in [0.1, 0.15) is 0 Å². The van der Waals surface area contributed by atoms with Gasteiger partial charge in [0, 0.05) is 33.2 Å². The Labute approximate surface area is 116 Å². The number of carbonyl (C=O) groups excluding carboxylic acids is 1. The Bertz CT molecular complexity index is 286. The lowest BCUT2D eigenvalue weighted by Crippen LogP contribution is -2.48. The molecular formula is C14H28N2O3. The Morgan fingerprint density at radius 1 is 1.58 bits per heavy atom. The lowest BCUT2D eigenvalue weighted by molar-refractivity contribution is -0.131. The lowest BCUT2D eigenvalue weighted by Gasteiger charge is -2.29. The van der Waals surface area contributed by atoms with Crippen LogP contribution in [0.1, 0.15) is 39.5 Å². The summed E-state index contributed by atoms with van der Waals surface area (Å²) < 4.78 is 4.96. The summed E-state index contributed by atoms with van der Waals surface area (Å²) in [5.41, 5.74) is -1.20. The zero-order chi connectivity index (χ0) is 14.4. The van der Waals surface area contributed by atoms with Crippen molar-refractivity contribution in [3.8, 4) is 0 Å². The zero-order valence-electron chi connectivity index (χ0n) is 12.4. The molecule has 0 aromatic heterocycles. The van der Waals surface area contributed by atoms with E-state index in [2.05, 4.69) is 17.6 Å². The van der Waals surface area contributed by atoms with E-state index in [0.29, 0.717) is 13.0 Å². The lowest BCUT2D eigenvalue weighted by atomic mass is 9.81. The van der Waals surface area contributed by atoms with Gasteiger partial charge < -0.3 is 20.5 Å². The summed E-state index contributed by atoms with van der Waals surface area (Å²) in [6, 6.07) is 0. The molecule has 3 N–H and O–H groups in total. The first kappa shape index (κ1) is 16.4. The minimum atomic E-state index is -0.912. The Hall–Kier alpha value is -0.650. The second-order valence-corrected chi connectivity index (χ2v) is 5.88. The molecule has 0 bridgehead atoms. The van der Waals surface area contributed by atoms with Crippen LogP contribution in [0.3, 0.4) is 0 Å². The smallest absolute Gasteiger partial charge is 0.227 e. The Morgan fingerprint density at radius 2 is 2.32 bits per heavy atom. The van der Waals surface area contributed by atoms with Gasteiger partial charge in [0.25, 0.3) is 0 Å². The van der Waals surface area contributed by atoms with Crippen molar-refractivity contribution in [1.82, 2.24) is 10.6 Å². The Balaban J connectivity index is 2.49. The standard InChI is InChI=1S/C14H28N2O3/c1-4-5-14(6-8-15-11-14)12(17)16-10-13(2,18)7-9-19-3/h15,18H,4-11H2,1-3H3,(H,16,17). The average Bonchev–Trinajstić information content (AvgIpc) is 2.84. The number of ether oxygens (including phenoxy) is 1. The fraction of sp³-hybridized carbons (Fsp3) is 0.929. The molecule has 1 saturated heterocycles. The summed E-state index contributed by atoms with van der Waals surface area (Å²) in [6.45, 7) is 6.24. The summed E-state index contributed by atoms with van der Waals surface area (Å²) in [5, 5.41) is 16.3. The molecule has 1 heterocycles. The van der Waals surface area contributed by atoms with Gasteiger partial charge in [-0.25, -0.2) is 0 Å². The molecule has 112 valence electrons. The van der Waals surface area contributed by atoms with Gasteiger partial charge in [0.05, 0.1) is 11.0 Å². The number of nitrogens with one attached hydrogen (secondary N) is 2. The highest BCUT2D eigenvalue weighted by Crippen LogP contribution is 2.31. The van der Waals surface area contributed by atoms with E-state index in [1.807, 2.05) is 0 Å². The fourth-order valence-corrected chi connectivity index (χ4v) is 2.61. The maximum Gasteiger partial charge on any atom is 0.227 e. The molecule has 0 saturated carbocycles. The highest BCUT2D eigenvalue weighted by molar-refractivity contribution is 5.83. The van der Waals surface area contributed by atoms with Crippen molar-refractivity contribution in [2.24, 2.45) is 5.41 Å². The predicted octanol–water partition coefficient (Wildman–Crippen LogP) is 0.670. The van der Waals surface area contributed by atoms with Gasteiger partial charge in [-0.1, -0.05) is 13.3 Å². The molecule has 2 unspecified atom stereocenters. The van der Waals surface area contributed by atoms with E-state index in [1.54, 1.807) is 14.0 Å². The van der Waals surface area contributed by atoms with Crippen molar-refractivity contribution >= 4 is 5.91 Å². The number of aliphatic hydroxyl groups is 1. The molecule has 1 rings (SSSR count). The first-order valence-corrected chi connectivity index (χ1v) is 7.16. The first-order valence-electron chi connectivity index (χ1n) is 7.16. The monoisotopic (exact) mass is 272 g/mol. The SMILES string of the molecule is CCCC1(C(=O)NCC(C)(O)CCOC)CCNC1. The van der Waals surface area contributed by atoms with Gasteiger partial charge in [-0.3, -0.25) is 4.79 Å². The normalized spacial score (nSPS) is 26.1. The number of rotatable bonds is 8. The molecule has 1 aliphatic rings. The van der Waals surface area contributed by atoms with Crippen LogP contribution in [0, 0.1) is 5.41 Å². The van der Waals surface area contributed by atoms with Crippen molar-refractivity contribution in [3.63, 3.8) is 0 Å². The number of amides is 1. The molecule has 0 aromatic carbocycles. The van der Waals surface area contributed by atoms with Crippen molar-refractivity contribution in [2.45, 2.75) is 45.1 Å². The molecule has 2 atom stereocenters. The van der Waals surface area contributed by atoms with Crippen LogP contribution in [-0.2, 0) is 9.53 Å². The van der Waals surface area contributed by atoms with Crippen molar-refractivity contribution in [2.75, 3.05) is 33.4 Å². The fourth-order valence-electron chi connectivity index (χ4n) is 2.61. The molecule has 0 aliphatic carbocycles. The molecule has 1 amide bonds. The number of carbonyl (C=O) groups is 1. The third-order valence-electron chi connectivity index (χ3n) is 3.93. The minimum Gasteiger partial charge on any atom is -0.388 e. The summed E-state index contributed by atoms with van der Waals surface area (Å²) in [6.07, 6.45) is 3.29. The van der Waals surface area contributed by atoms with E-state index in [1.165, 1.54) is 0 Å². The van der Waals surface area contributed by atoms with Crippen LogP contribution in [0.25, 0.3) is 0 Å². The Kier molecular flexibility index (Phi) is 6.23. The highest BCUT2D eigenvalue weighted by Gasteiger charge is 2.40. The number of hydrogen-bond donors (Lipinski definition) is 3. The second kappa shape index (κ2) is 7.22. The summed E-state index contributed by atoms with van der Waals surface area (Å²) >= 11 is 0. The van der Waals surface area contributed by atoms with E-state index in [9.17, 15) is 9.90 Å². The van der Waals surface area contributed by atoms with Crippen molar-refractivity contribution in [3.05, 3.63) is 0 Å². The largest absolute Gasteiger partial charge is 0.388 e. The molecule has 1 aliphatic heterocycles. The van der Waals surface area contributed by atoms with E-state index < -0.39 is 5.60 Å². The van der Waals surface area contributed by atoms with Gasteiger partial charge >= 0.3 is 0 Å². The van der Waals surface area contributed by atoms with E-state index in [0.717, 1.165) is 32.4 Å². The molecule has 19 heavy (non-hydrogen) atoms. The van der Waals surface area contributed by atoms with Crippen LogP contribution in [-0.4, -0.2) is 50.0 Å². The summed E-state index contributed by atoms with van der Waals surface area (Å²) in [7, 11) is 1.61. The van der Waals surface area contributed by atoms with E-state index >= 15 is 0 Å².